The zero-order valence-corrected chi connectivity index (χ0v) is 13.5. The van der Waals surface area contributed by atoms with Crippen molar-refractivity contribution in [2.45, 2.75) is 31.0 Å². The van der Waals surface area contributed by atoms with E-state index in [-0.39, 0.29) is 18.7 Å². The quantitative estimate of drug-likeness (QED) is 0.552. The number of nitrogens with one attached hydrogen (secondary N) is 2. The van der Waals surface area contributed by atoms with E-state index >= 15 is 0 Å². The third-order valence-electron chi connectivity index (χ3n) is 3.72. The Balaban J connectivity index is 2.11. The molecule has 10 nitrogen and oxygen atoms in total. The van der Waals surface area contributed by atoms with Crippen molar-refractivity contribution in [2.75, 3.05) is 20.8 Å². The normalized spacial score (nSPS) is 23.4. The van der Waals surface area contributed by atoms with Gasteiger partial charge >= 0.3 is 5.97 Å². The second-order valence-electron chi connectivity index (χ2n) is 5.50. The van der Waals surface area contributed by atoms with Gasteiger partial charge in [-0.15, -0.1) is 0 Å². The monoisotopic (exact) mass is 341 g/mol. The number of rotatable bonds is 8. The van der Waals surface area contributed by atoms with Crippen molar-refractivity contribution in [2.24, 2.45) is 0 Å². The van der Waals surface area contributed by atoms with Crippen LogP contribution in [0.3, 0.4) is 0 Å². The highest BCUT2D eigenvalue weighted by molar-refractivity contribution is 6.01. The maximum atomic E-state index is 12.5. The third-order valence-corrected chi connectivity index (χ3v) is 3.72. The van der Waals surface area contributed by atoms with E-state index in [0.29, 0.717) is 5.76 Å². The van der Waals surface area contributed by atoms with E-state index in [0.717, 1.165) is 0 Å². The van der Waals surface area contributed by atoms with E-state index in [4.69, 9.17) is 19.1 Å². The second-order valence-corrected chi connectivity index (χ2v) is 5.50. The largest absolute Gasteiger partial charge is 0.480 e. The molecule has 1 heterocycles. The van der Waals surface area contributed by atoms with Crippen LogP contribution in [0.15, 0.2) is 10.6 Å². The lowest BCUT2D eigenvalue weighted by molar-refractivity contribution is -0.144. The van der Waals surface area contributed by atoms with Gasteiger partial charge in [0.1, 0.15) is 11.3 Å². The Labute approximate surface area is 137 Å². The van der Waals surface area contributed by atoms with Crippen LogP contribution in [-0.2, 0) is 19.1 Å². The Kier molecular flexibility index (Phi) is 5.20. The SMILES string of the molecule is COC[C@H](NC(=O)C1(NC(=O)c2cc(C)on2)C[C@H]1OC)C(=O)O. The minimum atomic E-state index is -1.35. The second kappa shape index (κ2) is 6.97. The maximum absolute atomic E-state index is 12.5. The first-order valence-corrected chi connectivity index (χ1v) is 7.15. The van der Waals surface area contributed by atoms with E-state index in [1.165, 1.54) is 20.3 Å². The molecule has 3 atom stereocenters. The lowest BCUT2D eigenvalue weighted by Crippen LogP contribution is -2.56. The molecule has 0 radical (unpaired) electrons. The Morgan fingerprint density at radius 1 is 1.50 bits per heavy atom. The Morgan fingerprint density at radius 3 is 2.67 bits per heavy atom. The van der Waals surface area contributed by atoms with Crippen LogP contribution in [0.2, 0.25) is 0 Å². The predicted octanol–water partition coefficient (Wildman–Crippen LogP) is -0.914. The molecule has 1 aromatic heterocycles. The van der Waals surface area contributed by atoms with Crippen LogP contribution in [0.4, 0.5) is 0 Å². The van der Waals surface area contributed by atoms with E-state index in [1.54, 1.807) is 6.92 Å². The van der Waals surface area contributed by atoms with Crippen molar-refractivity contribution in [1.29, 1.82) is 0 Å². The fraction of sp³-hybridized carbons (Fsp3) is 0.571. The van der Waals surface area contributed by atoms with E-state index in [2.05, 4.69) is 15.8 Å². The van der Waals surface area contributed by atoms with Gasteiger partial charge in [0, 0.05) is 26.7 Å². The van der Waals surface area contributed by atoms with Crippen molar-refractivity contribution >= 4 is 17.8 Å². The topological polar surface area (TPSA) is 140 Å². The fourth-order valence-electron chi connectivity index (χ4n) is 2.31. The molecule has 0 saturated heterocycles. The molecule has 3 N–H and O–H groups in total. The summed E-state index contributed by atoms with van der Waals surface area (Å²) in [7, 11) is 2.72. The van der Waals surface area contributed by atoms with Crippen LogP contribution >= 0.6 is 0 Å². The van der Waals surface area contributed by atoms with Crippen molar-refractivity contribution in [3.63, 3.8) is 0 Å². The van der Waals surface area contributed by atoms with Gasteiger partial charge in [-0.25, -0.2) is 4.79 Å². The summed E-state index contributed by atoms with van der Waals surface area (Å²) in [5.74, 6) is -2.07. The van der Waals surface area contributed by atoms with Gasteiger partial charge in [0.25, 0.3) is 5.91 Å². The highest BCUT2D eigenvalue weighted by Crippen LogP contribution is 2.39. The number of aliphatic carboxylic acids is 1. The molecule has 0 bridgehead atoms. The Bertz CT molecular complexity index is 644. The van der Waals surface area contributed by atoms with Crippen LogP contribution in [0, 0.1) is 6.92 Å². The van der Waals surface area contributed by atoms with E-state index < -0.39 is 35.5 Å². The molecule has 132 valence electrons. The van der Waals surface area contributed by atoms with Gasteiger partial charge < -0.3 is 29.7 Å². The fourth-order valence-corrected chi connectivity index (χ4v) is 2.31. The summed E-state index contributed by atoms with van der Waals surface area (Å²) in [5.41, 5.74) is -1.33. The Morgan fingerprint density at radius 2 is 2.21 bits per heavy atom. The van der Waals surface area contributed by atoms with Gasteiger partial charge in [-0.05, 0) is 6.92 Å². The highest BCUT2D eigenvalue weighted by Gasteiger charge is 2.62. The van der Waals surface area contributed by atoms with E-state index in [9.17, 15) is 14.4 Å². The molecular weight excluding hydrogens is 322 g/mol. The number of hydrogen-bond acceptors (Lipinski definition) is 7. The van der Waals surface area contributed by atoms with Crippen molar-refractivity contribution < 1.29 is 33.5 Å². The molecule has 1 saturated carbocycles. The summed E-state index contributed by atoms with van der Waals surface area (Å²) >= 11 is 0. The van der Waals surface area contributed by atoms with Gasteiger partial charge in [-0.1, -0.05) is 5.16 Å². The maximum Gasteiger partial charge on any atom is 0.328 e. The van der Waals surface area contributed by atoms with Gasteiger partial charge in [0.05, 0.1) is 12.7 Å². The molecule has 0 aliphatic heterocycles. The predicted molar refractivity (Wildman–Crippen MR) is 78.3 cm³/mol. The molecule has 2 rings (SSSR count). The first-order chi connectivity index (χ1) is 11.3. The number of aryl methyl sites for hydroxylation is 1. The number of carboxylic acid groups (broad SMARTS) is 1. The average Bonchev–Trinajstić information content (AvgIpc) is 3.08. The summed E-state index contributed by atoms with van der Waals surface area (Å²) in [6.07, 6.45) is -0.344. The molecule has 10 heteroatoms. The van der Waals surface area contributed by atoms with Crippen LogP contribution in [0.25, 0.3) is 0 Å². The minimum absolute atomic E-state index is 0.0214. The minimum Gasteiger partial charge on any atom is -0.480 e. The zero-order chi connectivity index (χ0) is 17.9. The summed E-state index contributed by atoms with van der Waals surface area (Å²) in [6, 6.07) is 0.194. The van der Waals surface area contributed by atoms with Crippen LogP contribution in [0.1, 0.15) is 22.7 Å². The molecule has 0 spiro atoms. The summed E-state index contributed by atoms with van der Waals surface area (Å²) in [6.45, 7) is 1.43. The number of methoxy groups -OCH3 is 2. The number of ether oxygens (including phenoxy) is 2. The number of amides is 2. The van der Waals surface area contributed by atoms with Gasteiger partial charge in [0.2, 0.25) is 5.91 Å². The Hall–Kier alpha value is -2.46. The average molecular weight is 341 g/mol. The number of aromatic nitrogens is 1. The standard InChI is InChI=1S/C14H19N3O7/c1-7-4-8(17-24-7)11(18)16-14(5-10(14)23-3)13(21)15-9(6-22-2)12(19)20/h4,9-10H,5-6H2,1-3H3,(H,15,21)(H,16,18)(H,19,20)/t9-,10+,14?/m0/s1. The number of hydrogen-bond donors (Lipinski definition) is 3. The molecule has 2 amide bonds. The van der Waals surface area contributed by atoms with Crippen LogP contribution < -0.4 is 10.6 Å². The summed E-state index contributed by atoms with van der Waals surface area (Å²) in [5, 5.41) is 17.6. The molecule has 0 aromatic carbocycles. The number of carbonyl (C=O) groups is 3. The van der Waals surface area contributed by atoms with E-state index in [1.807, 2.05) is 0 Å². The van der Waals surface area contributed by atoms with Crippen molar-refractivity contribution in [3.05, 3.63) is 17.5 Å². The lowest BCUT2D eigenvalue weighted by atomic mass is 10.2. The van der Waals surface area contributed by atoms with Crippen molar-refractivity contribution in [3.8, 4) is 0 Å². The molecule has 24 heavy (non-hydrogen) atoms. The van der Waals surface area contributed by atoms with Gasteiger partial charge in [-0.3, -0.25) is 9.59 Å². The molecule has 1 unspecified atom stereocenters. The smallest absolute Gasteiger partial charge is 0.328 e. The number of nitrogens with zero attached hydrogens (tertiary/aromatic N) is 1. The summed E-state index contributed by atoms with van der Waals surface area (Å²) < 4.78 is 14.7. The molecule has 1 aliphatic carbocycles. The first kappa shape index (κ1) is 17.9. The molecule has 1 aliphatic rings. The van der Waals surface area contributed by atoms with Crippen molar-refractivity contribution in [1.82, 2.24) is 15.8 Å². The zero-order valence-electron chi connectivity index (χ0n) is 13.5. The molecular formula is C14H19N3O7. The van der Waals surface area contributed by atoms with Crippen LogP contribution in [-0.4, -0.2) is 66.6 Å². The third kappa shape index (κ3) is 3.54. The summed E-state index contributed by atoms with van der Waals surface area (Å²) in [4.78, 5) is 35.8. The van der Waals surface area contributed by atoms with Gasteiger partial charge in [-0.2, -0.15) is 0 Å². The van der Waals surface area contributed by atoms with Crippen LogP contribution in [0.5, 0.6) is 0 Å². The first-order valence-electron chi connectivity index (χ1n) is 7.15. The number of carboxylic acids is 1. The highest BCUT2D eigenvalue weighted by atomic mass is 16.5. The lowest BCUT2D eigenvalue weighted by Gasteiger charge is -2.21. The van der Waals surface area contributed by atoms with Gasteiger partial charge in [0.15, 0.2) is 11.7 Å². The molecule has 1 aromatic rings. The number of carbonyl (C=O) groups excluding carboxylic acids is 2. The molecule has 1 fully saturated rings.